The summed E-state index contributed by atoms with van der Waals surface area (Å²) < 4.78 is 38.5. The molecule has 2 aromatic carbocycles. The van der Waals surface area contributed by atoms with E-state index in [1.54, 1.807) is 31.3 Å². The molecule has 1 fully saturated rings. The molecule has 2 aromatic rings. The summed E-state index contributed by atoms with van der Waals surface area (Å²) in [6.45, 7) is 0.688. The maximum Gasteiger partial charge on any atom is 0.222 e. The van der Waals surface area contributed by atoms with Gasteiger partial charge < -0.3 is 14.4 Å². The van der Waals surface area contributed by atoms with E-state index in [4.69, 9.17) is 9.47 Å². The van der Waals surface area contributed by atoms with Crippen molar-refractivity contribution in [3.8, 4) is 11.5 Å². The third-order valence-corrected chi connectivity index (χ3v) is 5.01. The minimum atomic E-state index is -0.855. The number of rotatable bonds is 5. The van der Waals surface area contributed by atoms with Gasteiger partial charge in [-0.05, 0) is 36.6 Å². The van der Waals surface area contributed by atoms with E-state index in [0.717, 1.165) is 11.6 Å². The fourth-order valence-electron chi connectivity index (χ4n) is 3.55. The van der Waals surface area contributed by atoms with Gasteiger partial charge in [0, 0.05) is 37.1 Å². The Morgan fingerprint density at radius 3 is 2.70 bits per heavy atom. The Labute approximate surface area is 157 Å². The molecule has 0 aromatic heterocycles. The number of benzene rings is 2. The first-order valence-corrected chi connectivity index (χ1v) is 8.96. The van der Waals surface area contributed by atoms with Gasteiger partial charge in [0.15, 0.2) is 11.6 Å². The SMILES string of the molecule is COc1ccc(CN2CC(c3cccc(F)c3F)CCCC2=O)c(OC)c1. The zero-order valence-electron chi connectivity index (χ0n) is 15.5. The van der Waals surface area contributed by atoms with Crippen LogP contribution in [0.25, 0.3) is 0 Å². The van der Waals surface area contributed by atoms with Gasteiger partial charge in [0.25, 0.3) is 0 Å². The molecule has 1 heterocycles. The van der Waals surface area contributed by atoms with E-state index in [2.05, 4.69) is 0 Å². The highest BCUT2D eigenvalue weighted by atomic mass is 19.2. The lowest BCUT2D eigenvalue weighted by Gasteiger charge is -2.26. The maximum atomic E-state index is 14.3. The van der Waals surface area contributed by atoms with Gasteiger partial charge in [-0.15, -0.1) is 0 Å². The number of likely N-dealkylation sites (tertiary alicyclic amines) is 1. The normalized spacial score (nSPS) is 17.6. The summed E-state index contributed by atoms with van der Waals surface area (Å²) in [5.41, 5.74) is 1.17. The van der Waals surface area contributed by atoms with Gasteiger partial charge in [-0.25, -0.2) is 8.78 Å². The van der Waals surface area contributed by atoms with E-state index >= 15 is 0 Å². The zero-order valence-corrected chi connectivity index (χ0v) is 15.5. The standard InChI is InChI=1S/C21H23F2NO3/c1-26-16-10-9-15(19(11-16)27-2)13-24-12-14(5-3-8-20(24)25)17-6-4-7-18(22)21(17)23/h4,6-7,9-11,14H,3,5,8,12-13H2,1-2H3. The van der Waals surface area contributed by atoms with E-state index in [-0.39, 0.29) is 11.8 Å². The molecule has 27 heavy (non-hydrogen) atoms. The van der Waals surface area contributed by atoms with Crippen molar-refractivity contribution in [2.75, 3.05) is 20.8 Å². The molecule has 1 unspecified atom stereocenters. The monoisotopic (exact) mass is 375 g/mol. The summed E-state index contributed by atoms with van der Waals surface area (Å²) >= 11 is 0. The van der Waals surface area contributed by atoms with E-state index in [1.807, 2.05) is 12.1 Å². The van der Waals surface area contributed by atoms with Crippen molar-refractivity contribution in [2.45, 2.75) is 31.7 Å². The number of hydrogen-bond donors (Lipinski definition) is 0. The summed E-state index contributed by atoms with van der Waals surface area (Å²) in [4.78, 5) is 14.3. The van der Waals surface area contributed by atoms with Crippen LogP contribution < -0.4 is 9.47 Å². The zero-order chi connectivity index (χ0) is 19.4. The summed E-state index contributed by atoms with van der Waals surface area (Å²) in [5, 5.41) is 0. The lowest BCUT2D eigenvalue weighted by Crippen LogP contribution is -2.32. The number of amides is 1. The molecule has 0 bridgehead atoms. The minimum absolute atomic E-state index is 0.00665. The molecule has 144 valence electrons. The maximum absolute atomic E-state index is 14.3. The highest BCUT2D eigenvalue weighted by Gasteiger charge is 2.27. The fourth-order valence-corrected chi connectivity index (χ4v) is 3.55. The Hall–Kier alpha value is -2.63. The van der Waals surface area contributed by atoms with Crippen LogP contribution in [0.4, 0.5) is 8.78 Å². The van der Waals surface area contributed by atoms with Crippen LogP contribution in [0.5, 0.6) is 11.5 Å². The van der Waals surface area contributed by atoms with Crippen molar-refractivity contribution in [3.05, 3.63) is 59.2 Å². The summed E-state index contributed by atoms with van der Waals surface area (Å²) in [5.74, 6) is -0.619. The van der Waals surface area contributed by atoms with Gasteiger partial charge in [-0.3, -0.25) is 4.79 Å². The van der Waals surface area contributed by atoms with Crippen molar-refractivity contribution >= 4 is 5.91 Å². The van der Waals surface area contributed by atoms with Crippen LogP contribution in [0.1, 0.15) is 36.3 Å². The Bertz CT molecular complexity index is 825. The highest BCUT2D eigenvalue weighted by molar-refractivity contribution is 5.76. The average molecular weight is 375 g/mol. The van der Waals surface area contributed by atoms with Crippen LogP contribution >= 0.6 is 0 Å². The molecular formula is C21H23F2NO3. The summed E-state index contributed by atoms with van der Waals surface area (Å²) in [7, 11) is 3.14. The average Bonchev–Trinajstić information content (AvgIpc) is 2.86. The second-order valence-electron chi connectivity index (χ2n) is 6.68. The molecule has 1 amide bonds. The Kier molecular flexibility index (Phi) is 5.94. The number of hydrogen-bond acceptors (Lipinski definition) is 3. The van der Waals surface area contributed by atoms with Crippen LogP contribution in [-0.2, 0) is 11.3 Å². The first kappa shape index (κ1) is 19.1. The van der Waals surface area contributed by atoms with Gasteiger partial charge in [0.05, 0.1) is 14.2 Å². The number of methoxy groups -OCH3 is 2. The number of carbonyl (C=O) groups is 1. The van der Waals surface area contributed by atoms with Crippen molar-refractivity contribution in [1.82, 2.24) is 4.90 Å². The van der Waals surface area contributed by atoms with Crippen LogP contribution in [0.15, 0.2) is 36.4 Å². The molecule has 0 aliphatic carbocycles. The highest BCUT2D eigenvalue weighted by Crippen LogP contribution is 2.32. The molecule has 3 rings (SSSR count). The molecule has 4 nitrogen and oxygen atoms in total. The minimum Gasteiger partial charge on any atom is -0.497 e. The molecule has 6 heteroatoms. The third-order valence-electron chi connectivity index (χ3n) is 5.01. The predicted octanol–water partition coefficient (Wildman–Crippen LogP) is 4.28. The molecule has 1 atom stereocenters. The predicted molar refractivity (Wildman–Crippen MR) is 97.9 cm³/mol. The number of nitrogens with zero attached hydrogens (tertiary/aromatic N) is 1. The molecule has 0 spiro atoms. The van der Waals surface area contributed by atoms with Crippen LogP contribution in [0.3, 0.4) is 0 Å². The largest absolute Gasteiger partial charge is 0.497 e. The molecule has 1 aliphatic rings. The number of carbonyl (C=O) groups excluding carboxylic acids is 1. The molecule has 0 radical (unpaired) electrons. The van der Waals surface area contributed by atoms with Gasteiger partial charge in [-0.2, -0.15) is 0 Å². The van der Waals surface area contributed by atoms with Crippen molar-refractivity contribution in [3.63, 3.8) is 0 Å². The smallest absolute Gasteiger partial charge is 0.222 e. The Balaban J connectivity index is 1.85. The molecular weight excluding hydrogens is 352 g/mol. The van der Waals surface area contributed by atoms with Crippen LogP contribution in [0, 0.1) is 11.6 Å². The first-order chi connectivity index (χ1) is 13.0. The lowest BCUT2D eigenvalue weighted by molar-refractivity contribution is -0.131. The molecule has 0 saturated carbocycles. The van der Waals surface area contributed by atoms with Gasteiger partial charge in [0.2, 0.25) is 5.91 Å². The topological polar surface area (TPSA) is 38.8 Å². The van der Waals surface area contributed by atoms with Crippen LogP contribution in [0.2, 0.25) is 0 Å². The number of halogens is 2. The molecule has 0 N–H and O–H groups in total. The van der Waals surface area contributed by atoms with Gasteiger partial charge in [-0.1, -0.05) is 12.1 Å². The van der Waals surface area contributed by atoms with Crippen molar-refractivity contribution < 1.29 is 23.0 Å². The second-order valence-corrected chi connectivity index (χ2v) is 6.68. The third kappa shape index (κ3) is 4.21. The van der Waals surface area contributed by atoms with E-state index in [1.165, 1.54) is 6.07 Å². The van der Waals surface area contributed by atoms with Crippen molar-refractivity contribution in [1.29, 1.82) is 0 Å². The number of ether oxygens (including phenoxy) is 2. The van der Waals surface area contributed by atoms with Crippen LogP contribution in [-0.4, -0.2) is 31.6 Å². The van der Waals surface area contributed by atoms with E-state index in [0.29, 0.717) is 49.4 Å². The van der Waals surface area contributed by atoms with E-state index < -0.39 is 11.6 Å². The second kappa shape index (κ2) is 8.37. The first-order valence-electron chi connectivity index (χ1n) is 8.96. The van der Waals surface area contributed by atoms with E-state index in [9.17, 15) is 13.6 Å². The van der Waals surface area contributed by atoms with Gasteiger partial charge in [0.1, 0.15) is 11.5 Å². The fraction of sp³-hybridized carbons (Fsp3) is 0.381. The lowest BCUT2D eigenvalue weighted by atomic mass is 9.93. The van der Waals surface area contributed by atoms with Gasteiger partial charge >= 0.3 is 0 Å². The quantitative estimate of drug-likeness (QED) is 0.783. The Morgan fingerprint density at radius 2 is 1.96 bits per heavy atom. The van der Waals surface area contributed by atoms with Crippen molar-refractivity contribution in [2.24, 2.45) is 0 Å². The Morgan fingerprint density at radius 1 is 1.15 bits per heavy atom. The summed E-state index contributed by atoms with van der Waals surface area (Å²) in [6, 6.07) is 9.65. The molecule has 1 saturated heterocycles. The molecule has 1 aliphatic heterocycles. The summed E-state index contributed by atoms with van der Waals surface area (Å²) in [6.07, 6.45) is 1.68.